The Hall–Kier alpha value is -6.64. The van der Waals surface area contributed by atoms with Crippen LogP contribution in [0.15, 0.2) is 176 Å². The molecule has 1 heterocycles. The minimum atomic E-state index is -0.142. The third kappa shape index (κ3) is 4.69. The Kier molecular flexibility index (Phi) is 6.98. The van der Waals surface area contributed by atoms with Crippen molar-refractivity contribution in [3.8, 4) is 67.1 Å². The quantitative estimate of drug-likeness (QED) is 0.180. The Morgan fingerprint density at radius 2 is 0.893 bits per heavy atom. The maximum Gasteiger partial charge on any atom is 0.137 e. The van der Waals surface area contributed by atoms with E-state index in [9.17, 15) is 0 Å². The van der Waals surface area contributed by atoms with Crippen molar-refractivity contribution in [1.82, 2.24) is 0 Å². The van der Waals surface area contributed by atoms with Crippen LogP contribution in [-0.2, 0) is 10.8 Å². The Morgan fingerprint density at radius 3 is 1.52 bits per heavy atom. The lowest BCUT2D eigenvalue weighted by Crippen LogP contribution is -2.18. The van der Waals surface area contributed by atoms with Crippen molar-refractivity contribution in [2.75, 3.05) is 4.90 Å². The van der Waals surface area contributed by atoms with Gasteiger partial charge in [-0.1, -0.05) is 155 Å². The fraction of sp³-hybridized carbons (Fsp3) is 0.111. The van der Waals surface area contributed by atoms with Gasteiger partial charge < -0.3 is 9.64 Å². The lowest BCUT2D eigenvalue weighted by atomic mass is 9.82. The Bertz CT molecular complexity index is 2790. The van der Waals surface area contributed by atoms with Crippen LogP contribution in [0.5, 0.6) is 11.5 Å². The summed E-state index contributed by atoms with van der Waals surface area (Å²) in [6.07, 6.45) is 0. The van der Waals surface area contributed by atoms with Gasteiger partial charge in [-0.25, -0.2) is 0 Å². The van der Waals surface area contributed by atoms with Crippen molar-refractivity contribution in [3.63, 3.8) is 0 Å². The van der Waals surface area contributed by atoms with E-state index in [0.29, 0.717) is 0 Å². The van der Waals surface area contributed by atoms with E-state index in [2.05, 4.69) is 209 Å². The number of hydrogen-bond donors (Lipinski definition) is 0. The zero-order valence-electron chi connectivity index (χ0n) is 32.1. The summed E-state index contributed by atoms with van der Waals surface area (Å²) in [5.41, 5.74) is 20.6. The molecule has 3 aliphatic rings. The first-order valence-corrected chi connectivity index (χ1v) is 19.7. The number of benzene rings is 8. The minimum Gasteiger partial charge on any atom is -0.456 e. The lowest BCUT2D eigenvalue weighted by molar-refractivity contribution is 0.488. The van der Waals surface area contributed by atoms with Crippen molar-refractivity contribution >= 4 is 17.1 Å². The molecule has 0 radical (unpaired) electrons. The van der Waals surface area contributed by atoms with Crippen LogP contribution in [0.4, 0.5) is 17.1 Å². The molecule has 268 valence electrons. The SMILES string of the molecule is CC1(C)c2ccccc2-c2ccc(N(c3ccc4c(c3)C(C)(C)c3ccccc3-4)c3cccc4c3-c3ccccc3-c3cc(-c5ccccc5)ccc3O4)cc21. The average Bonchev–Trinajstić information content (AvgIpc) is 3.53. The van der Waals surface area contributed by atoms with Gasteiger partial charge in [0.2, 0.25) is 0 Å². The number of fused-ring (bicyclic) bond motifs is 11. The van der Waals surface area contributed by atoms with E-state index in [1.165, 1.54) is 55.6 Å². The second-order valence-electron chi connectivity index (χ2n) is 16.5. The van der Waals surface area contributed by atoms with E-state index in [-0.39, 0.29) is 10.8 Å². The molecule has 0 unspecified atom stereocenters. The summed E-state index contributed by atoms with van der Waals surface area (Å²) in [6.45, 7) is 9.45. The topological polar surface area (TPSA) is 12.5 Å². The standard InChI is InChI=1S/C54H41NO/c1-53(2)45-21-12-10-18-39(45)41-28-26-36(32-47(41)53)55(37-27-29-42-40-19-11-13-22-46(40)54(3,4)48(42)33-37)49-23-14-24-51-52(49)43-20-9-8-17-38(43)44-31-35(25-30-50(44)56-51)34-15-6-5-7-16-34/h5-33H,1-4H3. The predicted molar refractivity (Wildman–Crippen MR) is 233 cm³/mol. The first-order chi connectivity index (χ1) is 27.3. The van der Waals surface area contributed by atoms with Gasteiger partial charge >= 0.3 is 0 Å². The molecule has 56 heavy (non-hydrogen) atoms. The number of hydrogen-bond acceptors (Lipinski definition) is 2. The summed E-state index contributed by atoms with van der Waals surface area (Å²) in [5, 5.41) is 0. The first-order valence-electron chi connectivity index (χ1n) is 19.7. The Labute approximate surface area is 329 Å². The summed E-state index contributed by atoms with van der Waals surface area (Å²) in [6, 6.07) is 64.5. The monoisotopic (exact) mass is 719 g/mol. The summed E-state index contributed by atoms with van der Waals surface area (Å²) < 4.78 is 7.01. The third-order valence-corrected chi connectivity index (χ3v) is 12.7. The van der Waals surface area contributed by atoms with Gasteiger partial charge in [-0.05, 0) is 115 Å². The van der Waals surface area contributed by atoms with Gasteiger partial charge in [-0.15, -0.1) is 0 Å². The van der Waals surface area contributed by atoms with Crippen LogP contribution in [0.3, 0.4) is 0 Å². The first kappa shape index (κ1) is 32.8. The number of rotatable bonds is 4. The molecule has 8 aromatic carbocycles. The highest BCUT2D eigenvalue weighted by molar-refractivity contribution is 6.00. The maximum absolute atomic E-state index is 7.01. The van der Waals surface area contributed by atoms with Gasteiger partial charge in [0.15, 0.2) is 0 Å². The van der Waals surface area contributed by atoms with Crippen LogP contribution in [0.25, 0.3) is 55.6 Å². The molecular weight excluding hydrogens is 679 g/mol. The fourth-order valence-electron chi connectivity index (χ4n) is 9.85. The minimum absolute atomic E-state index is 0.142. The third-order valence-electron chi connectivity index (χ3n) is 12.7. The normalized spacial score (nSPS) is 14.5. The second-order valence-corrected chi connectivity index (χ2v) is 16.5. The predicted octanol–water partition coefficient (Wildman–Crippen LogP) is 14.9. The van der Waals surface area contributed by atoms with Crippen LogP contribution in [-0.4, -0.2) is 0 Å². The molecule has 0 amide bonds. The number of nitrogens with zero attached hydrogens (tertiary/aromatic N) is 1. The molecule has 0 saturated carbocycles. The highest BCUT2D eigenvalue weighted by atomic mass is 16.5. The largest absolute Gasteiger partial charge is 0.456 e. The molecule has 0 N–H and O–H groups in total. The van der Waals surface area contributed by atoms with Crippen molar-refractivity contribution in [2.45, 2.75) is 38.5 Å². The van der Waals surface area contributed by atoms with Crippen LogP contribution >= 0.6 is 0 Å². The summed E-state index contributed by atoms with van der Waals surface area (Å²) in [5.74, 6) is 1.70. The van der Waals surface area contributed by atoms with Crippen molar-refractivity contribution in [2.24, 2.45) is 0 Å². The van der Waals surface area contributed by atoms with E-state index in [0.717, 1.165) is 50.8 Å². The van der Waals surface area contributed by atoms with Crippen molar-refractivity contribution in [1.29, 1.82) is 0 Å². The van der Waals surface area contributed by atoms with E-state index in [1.54, 1.807) is 0 Å². The van der Waals surface area contributed by atoms with E-state index < -0.39 is 0 Å². The van der Waals surface area contributed by atoms with Crippen molar-refractivity contribution < 1.29 is 4.74 Å². The van der Waals surface area contributed by atoms with E-state index in [1.807, 2.05) is 0 Å². The summed E-state index contributed by atoms with van der Waals surface area (Å²) >= 11 is 0. The van der Waals surface area contributed by atoms with Crippen LogP contribution in [0, 0.1) is 0 Å². The van der Waals surface area contributed by atoms with Gasteiger partial charge in [0.1, 0.15) is 11.5 Å². The van der Waals surface area contributed by atoms with Gasteiger partial charge in [0, 0.05) is 33.3 Å². The lowest BCUT2D eigenvalue weighted by Gasteiger charge is -2.31. The number of anilines is 3. The highest BCUT2D eigenvalue weighted by Crippen LogP contribution is 2.56. The van der Waals surface area contributed by atoms with Crippen molar-refractivity contribution in [3.05, 3.63) is 198 Å². The van der Waals surface area contributed by atoms with Crippen LogP contribution in [0.2, 0.25) is 0 Å². The van der Waals surface area contributed by atoms with Gasteiger partial charge in [0.25, 0.3) is 0 Å². The molecular formula is C54H41NO. The molecule has 0 atom stereocenters. The smallest absolute Gasteiger partial charge is 0.137 e. The zero-order valence-corrected chi connectivity index (χ0v) is 32.1. The van der Waals surface area contributed by atoms with E-state index in [4.69, 9.17) is 4.74 Å². The molecule has 2 heteroatoms. The Morgan fingerprint density at radius 1 is 0.357 bits per heavy atom. The zero-order chi connectivity index (χ0) is 37.8. The average molecular weight is 720 g/mol. The van der Waals surface area contributed by atoms with Gasteiger partial charge in [0.05, 0.1) is 5.69 Å². The summed E-state index contributed by atoms with van der Waals surface area (Å²) in [4.78, 5) is 2.48. The molecule has 0 fully saturated rings. The van der Waals surface area contributed by atoms with Crippen LogP contribution in [0.1, 0.15) is 49.9 Å². The van der Waals surface area contributed by atoms with Gasteiger partial charge in [-0.2, -0.15) is 0 Å². The van der Waals surface area contributed by atoms with E-state index >= 15 is 0 Å². The van der Waals surface area contributed by atoms with Gasteiger partial charge in [-0.3, -0.25) is 0 Å². The summed E-state index contributed by atoms with van der Waals surface area (Å²) in [7, 11) is 0. The molecule has 1 aliphatic heterocycles. The molecule has 11 rings (SSSR count). The second kappa shape index (κ2) is 11.9. The number of ether oxygens (including phenoxy) is 1. The Balaban J connectivity index is 1.15. The molecule has 0 aromatic heterocycles. The maximum atomic E-state index is 7.01. The van der Waals surface area contributed by atoms with Crippen LogP contribution < -0.4 is 9.64 Å². The molecule has 0 bridgehead atoms. The molecule has 0 saturated heterocycles. The highest BCUT2D eigenvalue weighted by Gasteiger charge is 2.38. The molecule has 2 aliphatic carbocycles. The molecule has 2 nitrogen and oxygen atoms in total. The molecule has 0 spiro atoms. The fourth-order valence-corrected chi connectivity index (χ4v) is 9.85. The molecule has 8 aromatic rings.